The van der Waals surface area contributed by atoms with Crippen LogP contribution >= 0.6 is 0 Å². The van der Waals surface area contributed by atoms with Crippen LogP contribution in [0.3, 0.4) is 0 Å². The fourth-order valence-electron chi connectivity index (χ4n) is 4.40. The second kappa shape index (κ2) is 14.1. The fraction of sp³-hybridized carbons (Fsp3) is 0.536. The number of carbonyl (C=O) groups excluding carboxylic acids is 2. The molecule has 1 aromatic heterocycles. The van der Waals surface area contributed by atoms with Crippen molar-refractivity contribution >= 4 is 17.5 Å². The Labute approximate surface area is 219 Å². The molecule has 1 aliphatic rings. The van der Waals surface area contributed by atoms with Crippen LogP contribution in [-0.4, -0.2) is 78.4 Å². The SMILES string of the molecule is CNC[C@@H]1OCCCC[C@@H](C)Oc2ccc(NC(=O)c3ccncc3)cc2C(=O)N([C@@H](C)CO)C[C@H]1C. The van der Waals surface area contributed by atoms with Gasteiger partial charge in [-0.3, -0.25) is 14.6 Å². The molecule has 37 heavy (non-hydrogen) atoms. The highest BCUT2D eigenvalue weighted by molar-refractivity contribution is 6.05. The smallest absolute Gasteiger partial charge is 0.258 e. The molecular formula is C28H40N4O5. The molecule has 4 atom stereocenters. The van der Waals surface area contributed by atoms with E-state index in [1.807, 2.05) is 20.9 Å². The maximum atomic E-state index is 14.0. The minimum absolute atomic E-state index is 0.0196. The molecule has 0 spiro atoms. The van der Waals surface area contributed by atoms with Crippen molar-refractivity contribution in [2.24, 2.45) is 5.92 Å². The van der Waals surface area contributed by atoms with E-state index in [1.54, 1.807) is 47.6 Å². The average molecular weight is 513 g/mol. The van der Waals surface area contributed by atoms with Gasteiger partial charge in [0, 0.05) is 49.3 Å². The molecule has 1 aromatic carbocycles. The predicted octanol–water partition coefficient (Wildman–Crippen LogP) is 3.35. The van der Waals surface area contributed by atoms with Crippen molar-refractivity contribution in [2.75, 3.05) is 38.7 Å². The van der Waals surface area contributed by atoms with Crippen molar-refractivity contribution in [3.8, 4) is 5.75 Å². The molecule has 0 aliphatic carbocycles. The van der Waals surface area contributed by atoms with Gasteiger partial charge in [-0.15, -0.1) is 0 Å². The lowest BCUT2D eigenvalue weighted by molar-refractivity contribution is -0.000452. The number of amides is 2. The summed E-state index contributed by atoms with van der Waals surface area (Å²) in [7, 11) is 1.89. The van der Waals surface area contributed by atoms with Crippen molar-refractivity contribution in [3.05, 3.63) is 53.9 Å². The Morgan fingerprint density at radius 2 is 1.97 bits per heavy atom. The monoisotopic (exact) mass is 512 g/mol. The predicted molar refractivity (Wildman–Crippen MR) is 143 cm³/mol. The van der Waals surface area contributed by atoms with Gasteiger partial charge in [0.05, 0.1) is 30.4 Å². The number of pyridine rings is 1. The van der Waals surface area contributed by atoms with Crippen LogP contribution in [0, 0.1) is 5.92 Å². The van der Waals surface area contributed by atoms with Gasteiger partial charge in [-0.2, -0.15) is 0 Å². The third-order valence-electron chi connectivity index (χ3n) is 6.66. The Balaban J connectivity index is 1.97. The zero-order valence-corrected chi connectivity index (χ0v) is 22.3. The van der Waals surface area contributed by atoms with Gasteiger partial charge in [0.2, 0.25) is 0 Å². The number of fused-ring (bicyclic) bond motifs is 1. The van der Waals surface area contributed by atoms with Gasteiger partial charge in [-0.1, -0.05) is 6.92 Å². The van der Waals surface area contributed by atoms with Crippen LogP contribution in [-0.2, 0) is 4.74 Å². The van der Waals surface area contributed by atoms with Gasteiger partial charge in [0.25, 0.3) is 11.8 Å². The van der Waals surface area contributed by atoms with Crippen LogP contribution in [0.5, 0.6) is 5.75 Å². The summed E-state index contributed by atoms with van der Waals surface area (Å²) < 4.78 is 12.4. The summed E-state index contributed by atoms with van der Waals surface area (Å²) in [5, 5.41) is 16.0. The summed E-state index contributed by atoms with van der Waals surface area (Å²) >= 11 is 0. The number of ether oxygens (including phenoxy) is 2. The second-order valence-corrected chi connectivity index (χ2v) is 9.76. The van der Waals surface area contributed by atoms with Gasteiger partial charge in [-0.05, 0) is 70.5 Å². The summed E-state index contributed by atoms with van der Waals surface area (Å²) in [6, 6.07) is 7.95. The van der Waals surface area contributed by atoms with Crippen molar-refractivity contribution in [2.45, 2.75) is 58.3 Å². The molecule has 0 radical (unpaired) electrons. The lowest BCUT2D eigenvalue weighted by atomic mass is 10.0. The van der Waals surface area contributed by atoms with Gasteiger partial charge in [-0.25, -0.2) is 0 Å². The molecule has 0 bridgehead atoms. The van der Waals surface area contributed by atoms with E-state index in [9.17, 15) is 14.7 Å². The Morgan fingerprint density at radius 1 is 1.22 bits per heavy atom. The number of aliphatic hydroxyl groups excluding tert-OH is 1. The lowest BCUT2D eigenvalue weighted by Gasteiger charge is -2.34. The molecule has 0 fully saturated rings. The summed E-state index contributed by atoms with van der Waals surface area (Å²) in [6.07, 6.45) is 5.60. The van der Waals surface area contributed by atoms with E-state index in [0.29, 0.717) is 42.3 Å². The molecule has 9 nitrogen and oxygen atoms in total. The Morgan fingerprint density at radius 3 is 2.68 bits per heavy atom. The molecule has 3 rings (SSSR count). The molecule has 0 saturated carbocycles. The normalized spacial score (nSPS) is 22.4. The summed E-state index contributed by atoms with van der Waals surface area (Å²) in [5.41, 5.74) is 1.29. The number of rotatable bonds is 6. The summed E-state index contributed by atoms with van der Waals surface area (Å²) in [6.45, 7) is 7.39. The highest BCUT2D eigenvalue weighted by Gasteiger charge is 2.29. The van der Waals surface area contributed by atoms with Gasteiger partial charge in [0.15, 0.2) is 0 Å². The van der Waals surface area contributed by atoms with Crippen LogP contribution in [0.15, 0.2) is 42.7 Å². The molecule has 3 N–H and O–H groups in total. The van der Waals surface area contributed by atoms with Crippen LogP contribution in [0.2, 0.25) is 0 Å². The molecule has 2 amide bonds. The molecule has 2 heterocycles. The van der Waals surface area contributed by atoms with Crippen molar-refractivity contribution < 1.29 is 24.2 Å². The number of hydrogen-bond donors (Lipinski definition) is 3. The number of nitrogens with zero attached hydrogens (tertiary/aromatic N) is 2. The number of likely N-dealkylation sites (N-methyl/N-ethyl adjacent to an activating group) is 1. The van der Waals surface area contributed by atoms with Crippen molar-refractivity contribution in [1.82, 2.24) is 15.2 Å². The minimum Gasteiger partial charge on any atom is -0.490 e. The van der Waals surface area contributed by atoms with Crippen molar-refractivity contribution in [3.63, 3.8) is 0 Å². The van der Waals surface area contributed by atoms with E-state index in [1.165, 1.54) is 0 Å². The maximum absolute atomic E-state index is 14.0. The average Bonchev–Trinajstić information content (AvgIpc) is 2.90. The number of nitrogens with one attached hydrogen (secondary N) is 2. The third kappa shape index (κ3) is 7.99. The van der Waals surface area contributed by atoms with E-state index in [2.05, 4.69) is 22.5 Å². The number of aliphatic hydroxyl groups is 1. The van der Waals surface area contributed by atoms with Crippen LogP contribution in [0.25, 0.3) is 0 Å². The van der Waals surface area contributed by atoms with Gasteiger partial charge in [0.1, 0.15) is 5.75 Å². The van der Waals surface area contributed by atoms with E-state index >= 15 is 0 Å². The minimum atomic E-state index is -0.418. The third-order valence-corrected chi connectivity index (χ3v) is 6.66. The molecule has 9 heteroatoms. The topological polar surface area (TPSA) is 113 Å². The number of aromatic nitrogens is 1. The maximum Gasteiger partial charge on any atom is 0.258 e. The number of benzene rings is 1. The Bertz CT molecular complexity index is 1020. The number of carbonyl (C=O) groups is 2. The number of anilines is 1. The van der Waals surface area contributed by atoms with Gasteiger partial charge >= 0.3 is 0 Å². The van der Waals surface area contributed by atoms with Crippen LogP contribution in [0.1, 0.15) is 60.7 Å². The highest BCUT2D eigenvalue weighted by atomic mass is 16.5. The second-order valence-electron chi connectivity index (χ2n) is 9.76. The molecule has 1 aliphatic heterocycles. The number of hydrogen-bond acceptors (Lipinski definition) is 7. The van der Waals surface area contributed by atoms with E-state index in [-0.39, 0.29) is 36.5 Å². The molecule has 202 valence electrons. The molecular weight excluding hydrogens is 472 g/mol. The highest BCUT2D eigenvalue weighted by Crippen LogP contribution is 2.28. The van der Waals surface area contributed by atoms with E-state index in [4.69, 9.17) is 9.47 Å². The molecule has 0 unspecified atom stereocenters. The van der Waals surface area contributed by atoms with E-state index < -0.39 is 6.04 Å². The standard InChI is InChI=1S/C28H40N4O5/c1-19-17-32(20(2)18-33)28(35)24-15-23(31-27(34)22-10-12-30-13-11-22)8-9-25(24)37-21(3)7-5-6-14-36-26(19)16-29-4/h8-13,15,19-21,26,29,33H,5-7,14,16-18H2,1-4H3,(H,31,34)/t19-,20+,21-,26+/m1/s1. The van der Waals surface area contributed by atoms with Crippen LogP contribution < -0.4 is 15.4 Å². The van der Waals surface area contributed by atoms with Gasteiger partial charge < -0.3 is 30.1 Å². The Hall–Kier alpha value is -3.01. The first-order chi connectivity index (χ1) is 17.8. The zero-order chi connectivity index (χ0) is 26.8. The largest absolute Gasteiger partial charge is 0.490 e. The molecule has 2 aromatic rings. The summed E-state index contributed by atoms with van der Waals surface area (Å²) in [5.74, 6) is -0.0874. The first-order valence-corrected chi connectivity index (χ1v) is 13.0. The van der Waals surface area contributed by atoms with Crippen molar-refractivity contribution in [1.29, 1.82) is 0 Å². The quantitative estimate of drug-likeness (QED) is 0.544. The molecule has 0 saturated heterocycles. The van der Waals surface area contributed by atoms with Crippen LogP contribution in [0.4, 0.5) is 5.69 Å². The lowest BCUT2D eigenvalue weighted by Crippen LogP contribution is -2.47. The zero-order valence-electron chi connectivity index (χ0n) is 22.3. The summed E-state index contributed by atoms with van der Waals surface area (Å²) in [4.78, 5) is 32.3. The first kappa shape index (κ1) is 28.6. The van der Waals surface area contributed by atoms with E-state index in [0.717, 1.165) is 19.3 Å². The Kier molecular flexibility index (Phi) is 10.9. The first-order valence-electron chi connectivity index (χ1n) is 13.0. The fourth-order valence-corrected chi connectivity index (χ4v) is 4.40.